The predicted octanol–water partition coefficient (Wildman–Crippen LogP) is 1.71. The van der Waals surface area contributed by atoms with Crippen LogP contribution in [0, 0.1) is 0 Å². The van der Waals surface area contributed by atoms with Gasteiger partial charge in [-0.05, 0) is 37.6 Å². The van der Waals surface area contributed by atoms with Crippen molar-refractivity contribution >= 4 is 5.91 Å². The van der Waals surface area contributed by atoms with E-state index in [2.05, 4.69) is 11.9 Å². The van der Waals surface area contributed by atoms with E-state index in [9.17, 15) is 4.79 Å². The first kappa shape index (κ1) is 18.2. The summed E-state index contributed by atoms with van der Waals surface area (Å²) < 4.78 is 17.0. The van der Waals surface area contributed by atoms with Crippen molar-refractivity contribution < 1.29 is 19.0 Å². The Morgan fingerprint density at radius 1 is 1.28 bits per heavy atom. The Morgan fingerprint density at radius 3 is 2.84 bits per heavy atom. The summed E-state index contributed by atoms with van der Waals surface area (Å²) in [5.74, 6) is 0.852. The molecule has 6 heteroatoms. The molecule has 2 aliphatic heterocycles. The fourth-order valence-corrected chi connectivity index (χ4v) is 3.35. The standard InChI is InChI=1S/C19H28N2O4/c1-20-8-6-16(7-9-20)25-14-19(22)21-10-11-24-18(13-21)15-4-3-5-17(12-15)23-2/h3-5,12,16,18H,6-11,13-14H2,1-2H3. The summed E-state index contributed by atoms with van der Waals surface area (Å²) in [6.45, 7) is 3.96. The summed E-state index contributed by atoms with van der Waals surface area (Å²) in [7, 11) is 3.77. The van der Waals surface area contributed by atoms with Crippen LogP contribution in [0.5, 0.6) is 5.75 Å². The van der Waals surface area contributed by atoms with Crippen molar-refractivity contribution in [3.05, 3.63) is 29.8 Å². The second-order valence-corrected chi connectivity index (χ2v) is 6.79. The zero-order valence-corrected chi connectivity index (χ0v) is 15.1. The molecule has 2 aliphatic rings. The lowest BCUT2D eigenvalue weighted by molar-refractivity contribution is -0.146. The highest BCUT2D eigenvalue weighted by molar-refractivity contribution is 5.77. The highest BCUT2D eigenvalue weighted by atomic mass is 16.5. The van der Waals surface area contributed by atoms with Crippen molar-refractivity contribution in [2.45, 2.75) is 25.0 Å². The number of morpholine rings is 1. The van der Waals surface area contributed by atoms with Crippen molar-refractivity contribution in [2.75, 3.05) is 53.6 Å². The van der Waals surface area contributed by atoms with Crippen LogP contribution in [0.1, 0.15) is 24.5 Å². The van der Waals surface area contributed by atoms with E-state index in [4.69, 9.17) is 14.2 Å². The number of piperidine rings is 1. The Balaban J connectivity index is 1.51. The van der Waals surface area contributed by atoms with Gasteiger partial charge in [0.15, 0.2) is 0 Å². The van der Waals surface area contributed by atoms with Gasteiger partial charge in [-0.15, -0.1) is 0 Å². The van der Waals surface area contributed by atoms with Crippen LogP contribution >= 0.6 is 0 Å². The number of benzene rings is 1. The number of methoxy groups -OCH3 is 1. The van der Waals surface area contributed by atoms with Gasteiger partial charge in [-0.25, -0.2) is 0 Å². The second kappa shape index (κ2) is 8.65. The first-order valence-corrected chi connectivity index (χ1v) is 8.99. The van der Waals surface area contributed by atoms with Crippen molar-refractivity contribution in [2.24, 2.45) is 0 Å². The SMILES string of the molecule is COc1cccc(C2CN(C(=O)COC3CCN(C)CC3)CCO2)c1. The third kappa shape index (κ3) is 4.93. The largest absolute Gasteiger partial charge is 0.497 e. The van der Waals surface area contributed by atoms with Crippen LogP contribution in [0.15, 0.2) is 24.3 Å². The number of ether oxygens (including phenoxy) is 3. The van der Waals surface area contributed by atoms with E-state index in [1.54, 1.807) is 7.11 Å². The van der Waals surface area contributed by atoms with Crippen LogP contribution in [0.2, 0.25) is 0 Å². The highest BCUT2D eigenvalue weighted by Crippen LogP contribution is 2.25. The monoisotopic (exact) mass is 348 g/mol. The molecule has 1 atom stereocenters. The number of amides is 1. The molecular weight excluding hydrogens is 320 g/mol. The smallest absolute Gasteiger partial charge is 0.248 e. The van der Waals surface area contributed by atoms with Crippen molar-refractivity contribution in [1.29, 1.82) is 0 Å². The van der Waals surface area contributed by atoms with Gasteiger partial charge in [0, 0.05) is 19.6 Å². The first-order chi connectivity index (χ1) is 12.2. The van der Waals surface area contributed by atoms with Crippen LogP contribution in [-0.4, -0.2) is 75.4 Å². The fraction of sp³-hybridized carbons (Fsp3) is 0.632. The van der Waals surface area contributed by atoms with E-state index in [1.165, 1.54) is 0 Å². The van der Waals surface area contributed by atoms with Crippen molar-refractivity contribution in [3.8, 4) is 5.75 Å². The van der Waals surface area contributed by atoms with Gasteiger partial charge in [-0.2, -0.15) is 0 Å². The second-order valence-electron chi connectivity index (χ2n) is 6.79. The Labute approximate surface area is 149 Å². The van der Waals surface area contributed by atoms with Gasteiger partial charge < -0.3 is 24.0 Å². The number of rotatable bonds is 5. The van der Waals surface area contributed by atoms with Gasteiger partial charge in [0.05, 0.1) is 26.4 Å². The molecule has 6 nitrogen and oxygen atoms in total. The van der Waals surface area contributed by atoms with Crippen molar-refractivity contribution in [1.82, 2.24) is 9.80 Å². The summed E-state index contributed by atoms with van der Waals surface area (Å²) in [6, 6.07) is 7.83. The molecule has 2 heterocycles. The van der Waals surface area contributed by atoms with Crippen LogP contribution in [0.3, 0.4) is 0 Å². The number of carbonyl (C=O) groups excluding carboxylic acids is 1. The van der Waals surface area contributed by atoms with E-state index >= 15 is 0 Å². The normalized spacial score (nSPS) is 22.8. The molecule has 0 radical (unpaired) electrons. The van der Waals surface area contributed by atoms with Crippen LogP contribution in [0.25, 0.3) is 0 Å². The van der Waals surface area contributed by atoms with E-state index in [1.807, 2.05) is 29.2 Å². The Bertz CT molecular complexity index is 572. The lowest BCUT2D eigenvalue weighted by Crippen LogP contribution is -2.44. The molecule has 0 spiro atoms. The minimum atomic E-state index is -0.115. The summed E-state index contributed by atoms with van der Waals surface area (Å²) in [4.78, 5) is 16.7. The molecular formula is C19H28N2O4. The van der Waals surface area contributed by atoms with Crippen molar-refractivity contribution in [3.63, 3.8) is 0 Å². The number of nitrogens with zero attached hydrogens (tertiary/aromatic N) is 2. The highest BCUT2D eigenvalue weighted by Gasteiger charge is 2.26. The summed E-state index contributed by atoms with van der Waals surface area (Å²) >= 11 is 0. The number of carbonyl (C=O) groups is 1. The summed E-state index contributed by atoms with van der Waals surface area (Å²) in [5.41, 5.74) is 1.04. The van der Waals surface area contributed by atoms with Gasteiger partial charge in [-0.3, -0.25) is 4.79 Å². The lowest BCUT2D eigenvalue weighted by Gasteiger charge is -2.34. The fourth-order valence-electron chi connectivity index (χ4n) is 3.35. The van der Waals surface area contributed by atoms with E-state index < -0.39 is 0 Å². The number of likely N-dealkylation sites (tertiary alicyclic amines) is 1. The molecule has 0 bridgehead atoms. The zero-order chi connectivity index (χ0) is 17.6. The number of hydrogen-bond donors (Lipinski definition) is 0. The molecule has 0 N–H and O–H groups in total. The average molecular weight is 348 g/mol. The van der Waals surface area contributed by atoms with Gasteiger partial charge in [0.2, 0.25) is 5.91 Å². The van der Waals surface area contributed by atoms with Gasteiger partial charge >= 0.3 is 0 Å². The van der Waals surface area contributed by atoms with Gasteiger partial charge in [-0.1, -0.05) is 12.1 Å². The molecule has 25 heavy (non-hydrogen) atoms. The molecule has 2 saturated heterocycles. The Morgan fingerprint density at radius 2 is 2.08 bits per heavy atom. The molecule has 0 aromatic heterocycles. The van der Waals surface area contributed by atoms with Gasteiger partial charge in [0.25, 0.3) is 0 Å². The van der Waals surface area contributed by atoms with E-state index in [-0.39, 0.29) is 24.7 Å². The molecule has 1 amide bonds. The minimum absolute atomic E-state index is 0.0510. The predicted molar refractivity (Wildman–Crippen MR) is 94.7 cm³/mol. The third-order valence-corrected chi connectivity index (χ3v) is 4.99. The quantitative estimate of drug-likeness (QED) is 0.811. The average Bonchev–Trinajstić information content (AvgIpc) is 2.67. The molecule has 1 aromatic rings. The molecule has 1 aromatic carbocycles. The first-order valence-electron chi connectivity index (χ1n) is 8.99. The Hall–Kier alpha value is -1.63. The molecule has 1 unspecified atom stereocenters. The maximum absolute atomic E-state index is 12.5. The Kier molecular flexibility index (Phi) is 6.29. The van der Waals surface area contributed by atoms with Crippen LogP contribution < -0.4 is 4.74 Å². The third-order valence-electron chi connectivity index (χ3n) is 4.99. The number of hydrogen-bond acceptors (Lipinski definition) is 5. The summed E-state index contributed by atoms with van der Waals surface area (Å²) in [5, 5.41) is 0. The maximum atomic E-state index is 12.5. The van der Waals surface area contributed by atoms with E-state index in [0.29, 0.717) is 19.7 Å². The summed E-state index contributed by atoms with van der Waals surface area (Å²) in [6.07, 6.45) is 2.09. The van der Waals surface area contributed by atoms with Crippen LogP contribution in [-0.2, 0) is 14.3 Å². The van der Waals surface area contributed by atoms with Crippen LogP contribution in [0.4, 0.5) is 0 Å². The topological polar surface area (TPSA) is 51.2 Å². The van der Waals surface area contributed by atoms with E-state index in [0.717, 1.165) is 37.2 Å². The molecule has 3 rings (SSSR count). The maximum Gasteiger partial charge on any atom is 0.248 e. The lowest BCUT2D eigenvalue weighted by atomic mass is 10.1. The van der Waals surface area contributed by atoms with Gasteiger partial charge in [0.1, 0.15) is 18.5 Å². The minimum Gasteiger partial charge on any atom is -0.497 e. The molecule has 0 aliphatic carbocycles. The molecule has 0 saturated carbocycles. The molecule has 138 valence electrons. The molecule has 2 fully saturated rings. The zero-order valence-electron chi connectivity index (χ0n) is 15.1.